The van der Waals surface area contributed by atoms with Crippen LogP contribution in [0.4, 0.5) is 5.69 Å². The zero-order valence-electron chi connectivity index (χ0n) is 12.0. The molecular formula is C15H22N2O3. The first-order chi connectivity index (χ1) is 9.47. The number of amides is 1. The summed E-state index contributed by atoms with van der Waals surface area (Å²) in [4.78, 5) is 12.4. The van der Waals surface area contributed by atoms with Crippen molar-refractivity contribution in [1.29, 1.82) is 0 Å². The van der Waals surface area contributed by atoms with Gasteiger partial charge in [0.25, 0.3) is 5.91 Å². The summed E-state index contributed by atoms with van der Waals surface area (Å²) in [5, 5.41) is 12.6. The molecule has 0 unspecified atom stereocenters. The molecule has 0 spiro atoms. The largest absolute Gasteiger partial charge is 0.398 e. The van der Waals surface area contributed by atoms with Gasteiger partial charge in [-0.3, -0.25) is 4.79 Å². The summed E-state index contributed by atoms with van der Waals surface area (Å²) < 4.78 is 5.29. The molecule has 1 heterocycles. The zero-order chi connectivity index (χ0) is 14.8. The highest BCUT2D eigenvalue weighted by Crippen LogP contribution is 2.23. The Morgan fingerprint density at radius 3 is 2.60 bits per heavy atom. The number of nitrogens with one attached hydrogen (secondary N) is 1. The minimum atomic E-state index is -0.582. The highest BCUT2D eigenvalue weighted by Gasteiger charge is 2.34. The van der Waals surface area contributed by atoms with E-state index in [-0.39, 0.29) is 12.5 Å². The maximum Gasteiger partial charge on any atom is 0.252 e. The Bertz CT molecular complexity index is 508. The molecule has 1 aromatic carbocycles. The van der Waals surface area contributed by atoms with Crippen LogP contribution in [0.5, 0.6) is 0 Å². The second-order valence-electron chi connectivity index (χ2n) is 5.53. The van der Waals surface area contributed by atoms with Crippen LogP contribution in [0.25, 0.3) is 0 Å². The SMILES string of the molecule is Cc1cc(C)c(C(=O)NC2(CO)CCOCC2)cc1N. The van der Waals surface area contributed by atoms with Crippen LogP contribution >= 0.6 is 0 Å². The van der Waals surface area contributed by atoms with Gasteiger partial charge >= 0.3 is 0 Å². The van der Waals surface area contributed by atoms with E-state index >= 15 is 0 Å². The minimum absolute atomic E-state index is 0.0809. The lowest BCUT2D eigenvalue weighted by atomic mass is 9.90. The van der Waals surface area contributed by atoms with E-state index in [0.717, 1.165) is 11.1 Å². The number of anilines is 1. The molecule has 20 heavy (non-hydrogen) atoms. The topological polar surface area (TPSA) is 84.6 Å². The fourth-order valence-electron chi connectivity index (χ4n) is 2.51. The van der Waals surface area contributed by atoms with Crippen molar-refractivity contribution in [1.82, 2.24) is 5.32 Å². The van der Waals surface area contributed by atoms with Gasteiger partial charge in [-0.25, -0.2) is 0 Å². The summed E-state index contributed by atoms with van der Waals surface area (Å²) in [7, 11) is 0. The zero-order valence-corrected chi connectivity index (χ0v) is 12.0. The monoisotopic (exact) mass is 278 g/mol. The molecule has 1 aliphatic rings. The lowest BCUT2D eigenvalue weighted by molar-refractivity contribution is 0.0125. The maximum absolute atomic E-state index is 12.4. The molecule has 0 radical (unpaired) electrons. The molecule has 0 atom stereocenters. The second-order valence-corrected chi connectivity index (χ2v) is 5.53. The van der Waals surface area contributed by atoms with Crippen molar-refractivity contribution < 1.29 is 14.6 Å². The highest BCUT2D eigenvalue weighted by atomic mass is 16.5. The Balaban J connectivity index is 2.21. The Kier molecular flexibility index (Phi) is 4.30. The summed E-state index contributed by atoms with van der Waals surface area (Å²) in [6, 6.07) is 3.60. The molecule has 5 nitrogen and oxygen atoms in total. The predicted molar refractivity (Wildman–Crippen MR) is 77.7 cm³/mol. The van der Waals surface area contributed by atoms with Crippen molar-refractivity contribution in [3.63, 3.8) is 0 Å². The Labute approximate surface area is 119 Å². The molecule has 0 bridgehead atoms. The summed E-state index contributed by atoms with van der Waals surface area (Å²) >= 11 is 0. The van der Waals surface area contributed by atoms with Crippen LogP contribution in [0, 0.1) is 13.8 Å². The van der Waals surface area contributed by atoms with Crippen molar-refractivity contribution in [2.75, 3.05) is 25.6 Å². The fraction of sp³-hybridized carbons (Fsp3) is 0.533. The summed E-state index contributed by atoms with van der Waals surface area (Å²) in [6.07, 6.45) is 1.24. The van der Waals surface area contributed by atoms with Gasteiger partial charge in [0.2, 0.25) is 0 Å². The molecule has 2 rings (SSSR count). The predicted octanol–water partition coefficient (Wildman–Crippen LogP) is 1.16. The summed E-state index contributed by atoms with van der Waals surface area (Å²) in [5.74, 6) is -0.190. The van der Waals surface area contributed by atoms with Crippen molar-refractivity contribution in [3.05, 3.63) is 28.8 Å². The van der Waals surface area contributed by atoms with Gasteiger partial charge < -0.3 is 20.9 Å². The van der Waals surface area contributed by atoms with Crippen LogP contribution in [0.15, 0.2) is 12.1 Å². The Hall–Kier alpha value is -1.59. The van der Waals surface area contributed by atoms with E-state index in [2.05, 4.69) is 5.32 Å². The third-order valence-corrected chi connectivity index (χ3v) is 3.99. The van der Waals surface area contributed by atoms with E-state index in [1.165, 1.54) is 0 Å². The normalized spacial score (nSPS) is 17.8. The van der Waals surface area contributed by atoms with E-state index in [1.54, 1.807) is 6.07 Å². The van der Waals surface area contributed by atoms with Crippen molar-refractivity contribution in [2.45, 2.75) is 32.2 Å². The van der Waals surface area contributed by atoms with E-state index in [1.807, 2.05) is 19.9 Å². The lowest BCUT2D eigenvalue weighted by Gasteiger charge is -2.36. The van der Waals surface area contributed by atoms with Gasteiger partial charge in [0.05, 0.1) is 12.1 Å². The Morgan fingerprint density at radius 1 is 1.35 bits per heavy atom. The van der Waals surface area contributed by atoms with E-state index in [9.17, 15) is 9.90 Å². The van der Waals surface area contributed by atoms with E-state index in [0.29, 0.717) is 37.3 Å². The van der Waals surface area contributed by atoms with Crippen molar-refractivity contribution in [3.8, 4) is 0 Å². The molecule has 1 aliphatic heterocycles. The Morgan fingerprint density at radius 2 is 2.00 bits per heavy atom. The third-order valence-electron chi connectivity index (χ3n) is 3.99. The van der Waals surface area contributed by atoms with Gasteiger partial charge in [0.15, 0.2) is 0 Å². The van der Waals surface area contributed by atoms with Crippen LogP contribution in [0.3, 0.4) is 0 Å². The molecule has 0 aliphatic carbocycles. The average Bonchev–Trinajstić information content (AvgIpc) is 2.43. The van der Waals surface area contributed by atoms with Crippen molar-refractivity contribution in [2.24, 2.45) is 0 Å². The van der Waals surface area contributed by atoms with Crippen LogP contribution in [0.1, 0.15) is 34.3 Å². The number of nitrogens with two attached hydrogens (primary N) is 1. The van der Waals surface area contributed by atoms with Crippen LogP contribution in [-0.4, -0.2) is 36.4 Å². The number of carbonyl (C=O) groups excluding carboxylic acids is 1. The lowest BCUT2D eigenvalue weighted by Crippen LogP contribution is -2.54. The standard InChI is InChI=1S/C15H22N2O3/c1-10-7-11(2)13(16)8-12(10)14(19)17-15(9-18)3-5-20-6-4-15/h7-8,18H,3-6,9,16H2,1-2H3,(H,17,19). The molecule has 4 N–H and O–H groups in total. The number of ether oxygens (including phenoxy) is 1. The summed E-state index contributed by atoms with van der Waals surface area (Å²) in [6.45, 7) is 4.82. The van der Waals surface area contributed by atoms with Gasteiger partial charge in [-0.2, -0.15) is 0 Å². The van der Waals surface area contributed by atoms with Gasteiger partial charge in [-0.15, -0.1) is 0 Å². The number of aliphatic hydroxyl groups is 1. The van der Waals surface area contributed by atoms with Gasteiger partial charge in [0.1, 0.15) is 0 Å². The number of hydrogen-bond acceptors (Lipinski definition) is 4. The smallest absolute Gasteiger partial charge is 0.252 e. The van der Waals surface area contributed by atoms with Crippen LogP contribution in [-0.2, 0) is 4.74 Å². The first-order valence-corrected chi connectivity index (χ1v) is 6.85. The number of rotatable bonds is 3. The molecule has 1 aromatic rings. The summed E-state index contributed by atoms with van der Waals surface area (Å²) in [5.41, 5.74) is 8.30. The highest BCUT2D eigenvalue weighted by molar-refractivity contribution is 5.97. The van der Waals surface area contributed by atoms with Crippen LogP contribution < -0.4 is 11.1 Å². The minimum Gasteiger partial charge on any atom is -0.398 e. The second kappa shape index (κ2) is 5.81. The molecule has 1 amide bonds. The van der Waals surface area contributed by atoms with Crippen molar-refractivity contribution >= 4 is 11.6 Å². The third kappa shape index (κ3) is 2.94. The first-order valence-electron chi connectivity index (χ1n) is 6.85. The maximum atomic E-state index is 12.4. The number of aliphatic hydroxyl groups excluding tert-OH is 1. The molecule has 5 heteroatoms. The molecule has 1 saturated heterocycles. The van der Waals surface area contributed by atoms with E-state index < -0.39 is 5.54 Å². The molecule has 1 fully saturated rings. The van der Waals surface area contributed by atoms with Gasteiger partial charge in [-0.1, -0.05) is 6.07 Å². The number of carbonyl (C=O) groups is 1. The number of aryl methyl sites for hydroxylation is 2. The van der Waals surface area contributed by atoms with Gasteiger partial charge in [0, 0.05) is 24.5 Å². The van der Waals surface area contributed by atoms with Crippen LogP contribution in [0.2, 0.25) is 0 Å². The quantitative estimate of drug-likeness (QED) is 0.724. The van der Waals surface area contributed by atoms with Gasteiger partial charge in [-0.05, 0) is 43.9 Å². The fourth-order valence-corrected chi connectivity index (χ4v) is 2.51. The number of hydrogen-bond donors (Lipinski definition) is 3. The first kappa shape index (κ1) is 14.8. The molecular weight excluding hydrogens is 256 g/mol. The molecule has 0 saturated carbocycles. The number of benzene rings is 1. The average molecular weight is 278 g/mol. The van der Waals surface area contributed by atoms with E-state index in [4.69, 9.17) is 10.5 Å². The molecule has 0 aromatic heterocycles. The number of nitrogen functional groups attached to an aromatic ring is 1. The molecule has 110 valence electrons.